The van der Waals surface area contributed by atoms with Crippen LogP contribution in [-0.4, -0.2) is 21.4 Å². The molecule has 0 N–H and O–H groups in total. The van der Waals surface area contributed by atoms with E-state index in [1.165, 1.54) is 22.3 Å². The van der Waals surface area contributed by atoms with Crippen molar-refractivity contribution in [2.45, 2.75) is 79.1 Å². The van der Waals surface area contributed by atoms with Crippen LogP contribution in [0.15, 0.2) is 156 Å². The first-order valence-corrected chi connectivity index (χ1v) is 22.3. The zero-order valence-electron chi connectivity index (χ0n) is 33.1. The van der Waals surface area contributed by atoms with Crippen molar-refractivity contribution in [3.05, 3.63) is 191 Å². The molecule has 2 aromatic heterocycles. The second-order valence-corrected chi connectivity index (χ2v) is 16.4. The summed E-state index contributed by atoms with van der Waals surface area (Å²) >= 11 is -0.181. The molecule has 4 nitrogen and oxygen atoms in total. The predicted octanol–water partition coefficient (Wildman–Crippen LogP) is 14.4. The van der Waals surface area contributed by atoms with Crippen molar-refractivity contribution in [2.75, 3.05) is 0 Å². The third kappa shape index (κ3) is 12.3. The van der Waals surface area contributed by atoms with E-state index in [2.05, 4.69) is 126 Å². The maximum atomic E-state index is 5.20. The van der Waals surface area contributed by atoms with E-state index < -0.39 is 0 Å². The summed E-state index contributed by atoms with van der Waals surface area (Å²) in [7, 11) is 9.65. The molecular formula is C48H52Cl2CrN4. The van der Waals surface area contributed by atoms with E-state index in [9.17, 15) is 0 Å². The second kappa shape index (κ2) is 22.3. The number of nitrogens with zero attached hydrogens (tertiary/aromatic N) is 4. The summed E-state index contributed by atoms with van der Waals surface area (Å²) < 4.78 is 0. The fraction of sp³-hybridized carbons (Fsp3) is 0.250. The molecule has 4 aromatic carbocycles. The molecule has 0 bridgehead atoms. The Kier molecular flexibility index (Phi) is 17.5. The average molecular weight is 808 g/mol. The van der Waals surface area contributed by atoms with E-state index in [0.29, 0.717) is 23.7 Å². The van der Waals surface area contributed by atoms with Crippen LogP contribution in [0.4, 0.5) is 11.4 Å². The van der Waals surface area contributed by atoms with Gasteiger partial charge < -0.3 is 0 Å². The molecule has 0 atom stereocenters. The Hall–Kier alpha value is -4.37. The summed E-state index contributed by atoms with van der Waals surface area (Å²) in [6, 6.07) is 45.6. The van der Waals surface area contributed by atoms with Crippen molar-refractivity contribution < 1.29 is 13.4 Å². The average Bonchev–Trinajstić information content (AvgIpc) is 3.20. The van der Waals surface area contributed by atoms with Gasteiger partial charge in [-0.25, -0.2) is 9.98 Å². The Labute approximate surface area is 344 Å². The van der Waals surface area contributed by atoms with E-state index in [1.807, 2.05) is 85.2 Å². The normalized spacial score (nSPS) is 11.7. The van der Waals surface area contributed by atoms with Crippen molar-refractivity contribution in [3.8, 4) is 0 Å². The van der Waals surface area contributed by atoms with E-state index in [1.54, 1.807) is 0 Å². The van der Waals surface area contributed by atoms with Crippen LogP contribution in [0, 0.1) is 0 Å². The molecule has 0 saturated heterocycles. The molecule has 2 heterocycles. The first-order chi connectivity index (χ1) is 26.6. The first kappa shape index (κ1) is 43.4. The summed E-state index contributed by atoms with van der Waals surface area (Å²) in [5.74, 6) is 1.64. The Bertz CT molecular complexity index is 1810. The van der Waals surface area contributed by atoms with Gasteiger partial charge in [0.25, 0.3) is 0 Å². The van der Waals surface area contributed by atoms with Crippen LogP contribution < -0.4 is 0 Å². The van der Waals surface area contributed by atoms with Crippen molar-refractivity contribution in [1.82, 2.24) is 9.97 Å². The Morgan fingerprint density at radius 2 is 0.709 bits per heavy atom. The van der Waals surface area contributed by atoms with E-state index in [0.717, 1.165) is 45.3 Å². The number of para-hydroxylation sites is 2. The van der Waals surface area contributed by atoms with Crippen LogP contribution in [0.1, 0.15) is 124 Å². The number of halogens is 2. The van der Waals surface area contributed by atoms with Crippen LogP contribution in [0.25, 0.3) is 0 Å². The van der Waals surface area contributed by atoms with E-state index >= 15 is 0 Å². The van der Waals surface area contributed by atoms with Gasteiger partial charge in [-0.15, -0.1) is 0 Å². The second-order valence-electron chi connectivity index (χ2n) is 14.3. The van der Waals surface area contributed by atoms with Crippen LogP contribution in [0.2, 0.25) is 0 Å². The third-order valence-electron chi connectivity index (χ3n) is 9.04. The number of rotatable bonds is 10. The van der Waals surface area contributed by atoms with Gasteiger partial charge in [0.05, 0.1) is 34.2 Å². The molecule has 0 saturated carbocycles. The molecule has 0 aliphatic carbocycles. The van der Waals surface area contributed by atoms with Gasteiger partial charge in [0.2, 0.25) is 0 Å². The number of aliphatic imine (C=N–C) groups is 2. The minimum absolute atomic E-state index is 0.181. The molecule has 0 radical (unpaired) electrons. The number of benzene rings is 4. The Morgan fingerprint density at radius 3 is 0.964 bits per heavy atom. The molecule has 0 amide bonds. The summed E-state index contributed by atoms with van der Waals surface area (Å²) in [4.78, 5) is 19.5. The molecule has 0 fully saturated rings. The van der Waals surface area contributed by atoms with E-state index in [-0.39, 0.29) is 13.4 Å². The van der Waals surface area contributed by atoms with Crippen molar-refractivity contribution in [3.63, 3.8) is 0 Å². The van der Waals surface area contributed by atoms with Gasteiger partial charge in [-0.05, 0) is 70.2 Å². The van der Waals surface area contributed by atoms with Gasteiger partial charge in [-0.3, -0.25) is 9.97 Å². The Balaban J connectivity index is 0.000000228. The fourth-order valence-corrected chi connectivity index (χ4v) is 6.24. The van der Waals surface area contributed by atoms with Crippen molar-refractivity contribution >= 4 is 42.9 Å². The standard InChI is InChI=1S/2C24H26N2.2ClH.Cr/c2*1-17(2)20-13-10-14-21(18(3)4)24(20)26-23(19-11-6-5-7-12-19)22-15-8-9-16-25-22;;;/h2*5-18H,1-4H3;2*1H;/q;;;;+2/p-2. The molecule has 0 aliphatic heterocycles. The summed E-state index contributed by atoms with van der Waals surface area (Å²) in [5, 5.41) is 0. The monoisotopic (exact) mass is 806 g/mol. The van der Waals surface area contributed by atoms with Gasteiger partial charge in [-0.2, -0.15) is 0 Å². The van der Waals surface area contributed by atoms with Crippen molar-refractivity contribution in [1.29, 1.82) is 0 Å². The summed E-state index contributed by atoms with van der Waals surface area (Å²) in [6.07, 6.45) is 3.65. The number of hydrogen-bond acceptors (Lipinski definition) is 4. The van der Waals surface area contributed by atoms with Gasteiger partial charge in [0, 0.05) is 23.5 Å². The van der Waals surface area contributed by atoms with Crippen LogP contribution in [0.5, 0.6) is 0 Å². The van der Waals surface area contributed by atoms with Crippen molar-refractivity contribution in [2.24, 2.45) is 9.98 Å². The van der Waals surface area contributed by atoms with Gasteiger partial charge in [0.15, 0.2) is 0 Å². The molecule has 55 heavy (non-hydrogen) atoms. The quantitative estimate of drug-likeness (QED) is 0.129. The molecule has 0 spiro atoms. The fourth-order valence-electron chi connectivity index (χ4n) is 6.24. The molecule has 6 rings (SSSR count). The van der Waals surface area contributed by atoms with Crippen LogP contribution in [-0.2, 0) is 13.4 Å². The van der Waals surface area contributed by atoms with Crippen LogP contribution in [0.3, 0.4) is 0 Å². The van der Waals surface area contributed by atoms with Gasteiger partial charge in [0.1, 0.15) is 0 Å². The number of pyridine rings is 2. The van der Waals surface area contributed by atoms with E-state index in [4.69, 9.17) is 30.1 Å². The molecular weight excluding hydrogens is 755 g/mol. The molecule has 0 unspecified atom stereocenters. The SMILES string of the molecule is CC(C)c1cccc(C(C)C)c1N=C(c1ccccc1)c1ccccn1.CC(C)c1cccc(C(C)C)c1N=C(c1ccccc1)c1ccccn1.[Cl][Cr][Cl]. The molecule has 0 aliphatic rings. The van der Waals surface area contributed by atoms with Gasteiger partial charge >= 0.3 is 33.5 Å². The molecule has 6 aromatic rings. The zero-order chi connectivity index (χ0) is 39.7. The summed E-state index contributed by atoms with van der Waals surface area (Å²) in [6.45, 7) is 17.8. The van der Waals surface area contributed by atoms with Crippen LogP contribution >= 0.6 is 20.1 Å². The number of aromatic nitrogens is 2. The predicted molar refractivity (Wildman–Crippen MR) is 233 cm³/mol. The number of hydrogen-bond donors (Lipinski definition) is 0. The minimum atomic E-state index is -0.181. The molecule has 7 heteroatoms. The first-order valence-electron chi connectivity index (χ1n) is 18.8. The molecule has 284 valence electrons. The van der Waals surface area contributed by atoms with Gasteiger partial charge in [-0.1, -0.05) is 165 Å². The summed E-state index contributed by atoms with van der Waals surface area (Å²) in [5.41, 5.74) is 13.1. The topological polar surface area (TPSA) is 50.5 Å². The third-order valence-corrected chi connectivity index (χ3v) is 9.04. The zero-order valence-corrected chi connectivity index (χ0v) is 35.9. The Morgan fingerprint density at radius 1 is 0.418 bits per heavy atom. The maximum absolute atomic E-state index is 5.20.